The van der Waals surface area contributed by atoms with Gasteiger partial charge in [0.05, 0.1) is 14.2 Å². The predicted molar refractivity (Wildman–Crippen MR) is 92.1 cm³/mol. The number of phenols is 2. The molecule has 1 aliphatic rings. The molecule has 0 saturated heterocycles. The number of fused-ring (bicyclic) bond motifs is 1. The summed E-state index contributed by atoms with van der Waals surface area (Å²) in [5.41, 5.74) is 3.28. The minimum absolute atomic E-state index is 0.0526. The molecule has 128 valence electrons. The summed E-state index contributed by atoms with van der Waals surface area (Å²) in [7, 11) is 5.33. The van der Waals surface area contributed by atoms with Gasteiger partial charge in [0.15, 0.2) is 23.0 Å². The highest BCUT2D eigenvalue weighted by atomic mass is 16.5. The second-order valence-corrected chi connectivity index (χ2v) is 6.18. The minimum atomic E-state index is -0.0682. The van der Waals surface area contributed by atoms with Crippen molar-refractivity contribution < 1.29 is 19.7 Å². The van der Waals surface area contributed by atoms with E-state index in [1.54, 1.807) is 26.4 Å². The molecule has 5 nitrogen and oxygen atoms in total. The van der Waals surface area contributed by atoms with E-state index in [0.29, 0.717) is 11.5 Å². The van der Waals surface area contributed by atoms with Gasteiger partial charge in [0, 0.05) is 12.6 Å². The zero-order chi connectivity index (χ0) is 17.3. The zero-order valence-corrected chi connectivity index (χ0v) is 14.2. The van der Waals surface area contributed by atoms with Crippen LogP contribution in [0.15, 0.2) is 30.3 Å². The molecule has 0 aliphatic carbocycles. The van der Waals surface area contributed by atoms with Gasteiger partial charge in [-0.15, -0.1) is 0 Å². The third-order valence-corrected chi connectivity index (χ3v) is 4.74. The highest BCUT2D eigenvalue weighted by Gasteiger charge is 2.26. The monoisotopic (exact) mass is 329 g/mol. The highest BCUT2D eigenvalue weighted by molar-refractivity contribution is 5.49. The zero-order valence-electron chi connectivity index (χ0n) is 14.2. The molecule has 1 unspecified atom stereocenters. The van der Waals surface area contributed by atoms with Gasteiger partial charge >= 0.3 is 0 Å². The number of rotatable bonds is 4. The molecule has 2 aromatic carbocycles. The molecule has 0 spiro atoms. The van der Waals surface area contributed by atoms with Crippen molar-refractivity contribution >= 4 is 0 Å². The molecule has 0 bridgehead atoms. The number of hydrogen-bond donors (Lipinski definition) is 2. The van der Waals surface area contributed by atoms with Crippen LogP contribution in [0.5, 0.6) is 23.0 Å². The molecule has 24 heavy (non-hydrogen) atoms. The quantitative estimate of drug-likeness (QED) is 0.845. The van der Waals surface area contributed by atoms with E-state index < -0.39 is 0 Å². The van der Waals surface area contributed by atoms with Gasteiger partial charge in [0.25, 0.3) is 0 Å². The van der Waals surface area contributed by atoms with E-state index in [2.05, 4.69) is 11.9 Å². The summed E-state index contributed by atoms with van der Waals surface area (Å²) in [4.78, 5) is 2.27. The molecule has 5 heteroatoms. The van der Waals surface area contributed by atoms with E-state index in [9.17, 15) is 10.2 Å². The lowest BCUT2D eigenvalue weighted by Crippen LogP contribution is -2.33. The van der Waals surface area contributed by atoms with Crippen molar-refractivity contribution in [1.29, 1.82) is 0 Å². The minimum Gasteiger partial charge on any atom is -0.504 e. The number of aromatic hydroxyl groups is 2. The second-order valence-electron chi connectivity index (χ2n) is 6.18. The number of methoxy groups -OCH3 is 2. The summed E-state index contributed by atoms with van der Waals surface area (Å²) >= 11 is 0. The normalized spacial score (nSPS) is 17.4. The Bertz CT molecular complexity index is 744. The first-order valence-electron chi connectivity index (χ1n) is 7.99. The topological polar surface area (TPSA) is 62.2 Å². The van der Waals surface area contributed by atoms with E-state index >= 15 is 0 Å². The van der Waals surface area contributed by atoms with Crippen LogP contribution in [0, 0.1) is 0 Å². The third kappa shape index (κ3) is 2.99. The van der Waals surface area contributed by atoms with Crippen molar-refractivity contribution in [3.63, 3.8) is 0 Å². The van der Waals surface area contributed by atoms with Crippen LogP contribution in [0.2, 0.25) is 0 Å². The highest BCUT2D eigenvalue weighted by Crippen LogP contribution is 2.38. The lowest BCUT2D eigenvalue weighted by molar-refractivity contribution is 0.228. The average Bonchev–Trinajstić information content (AvgIpc) is 2.59. The van der Waals surface area contributed by atoms with Crippen LogP contribution in [-0.4, -0.2) is 42.9 Å². The van der Waals surface area contributed by atoms with Gasteiger partial charge in [0.1, 0.15) is 0 Å². The van der Waals surface area contributed by atoms with Gasteiger partial charge in [0.2, 0.25) is 0 Å². The molecule has 3 rings (SSSR count). The first kappa shape index (κ1) is 16.5. The molecule has 0 aromatic heterocycles. The number of ether oxygens (including phenoxy) is 2. The summed E-state index contributed by atoms with van der Waals surface area (Å²) in [5.74, 6) is 1.30. The Hall–Kier alpha value is -2.40. The summed E-state index contributed by atoms with van der Waals surface area (Å²) < 4.78 is 10.7. The Morgan fingerprint density at radius 2 is 1.75 bits per heavy atom. The van der Waals surface area contributed by atoms with Gasteiger partial charge in [-0.1, -0.05) is 6.07 Å². The van der Waals surface area contributed by atoms with E-state index in [0.717, 1.165) is 36.1 Å². The van der Waals surface area contributed by atoms with Gasteiger partial charge in [-0.25, -0.2) is 0 Å². The maximum Gasteiger partial charge on any atom is 0.160 e. The molecule has 1 aliphatic heterocycles. The standard InChI is InChI=1S/C19H23NO4/c1-20-7-6-13-10-16(21)17(22)11-14(13)15(20)8-12-4-5-18(23-2)19(9-12)24-3/h4-5,9-11,15,21-22H,6-8H2,1-3H3. The smallest absolute Gasteiger partial charge is 0.160 e. The largest absolute Gasteiger partial charge is 0.504 e. The Morgan fingerprint density at radius 3 is 2.46 bits per heavy atom. The van der Waals surface area contributed by atoms with E-state index in [1.165, 1.54) is 0 Å². The van der Waals surface area contributed by atoms with Crippen molar-refractivity contribution in [2.75, 3.05) is 27.8 Å². The maximum atomic E-state index is 9.89. The molecule has 2 N–H and O–H groups in total. The van der Waals surface area contributed by atoms with Crippen LogP contribution < -0.4 is 9.47 Å². The maximum absolute atomic E-state index is 9.89. The number of likely N-dealkylation sites (N-methyl/N-ethyl adjacent to an activating group) is 1. The first-order valence-corrected chi connectivity index (χ1v) is 7.99. The molecular formula is C19H23NO4. The Labute approximate surface area is 142 Å². The number of hydrogen-bond acceptors (Lipinski definition) is 5. The Balaban J connectivity index is 1.94. The third-order valence-electron chi connectivity index (χ3n) is 4.74. The summed E-state index contributed by atoms with van der Waals surface area (Å²) in [6.07, 6.45) is 1.65. The van der Waals surface area contributed by atoms with Gasteiger partial charge in [-0.2, -0.15) is 0 Å². The average molecular weight is 329 g/mol. The molecule has 2 aromatic rings. The van der Waals surface area contributed by atoms with Crippen molar-refractivity contribution in [2.24, 2.45) is 0 Å². The van der Waals surface area contributed by atoms with Crippen LogP contribution in [0.4, 0.5) is 0 Å². The van der Waals surface area contributed by atoms with E-state index in [-0.39, 0.29) is 17.5 Å². The summed E-state index contributed by atoms with van der Waals surface area (Å²) in [6, 6.07) is 9.43. The van der Waals surface area contributed by atoms with Gasteiger partial charge in [-0.05, 0) is 60.8 Å². The summed E-state index contributed by atoms with van der Waals surface area (Å²) in [6.45, 7) is 0.912. The van der Waals surface area contributed by atoms with Crippen LogP contribution >= 0.6 is 0 Å². The molecule has 0 amide bonds. The van der Waals surface area contributed by atoms with E-state index in [4.69, 9.17) is 9.47 Å². The fourth-order valence-electron chi connectivity index (χ4n) is 3.35. The van der Waals surface area contributed by atoms with Crippen molar-refractivity contribution in [3.05, 3.63) is 47.0 Å². The van der Waals surface area contributed by atoms with Gasteiger partial charge < -0.3 is 19.7 Å². The van der Waals surface area contributed by atoms with Crippen LogP contribution in [0.25, 0.3) is 0 Å². The van der Waals surface area contributed by atoms with Gasteiger partial charge in [-0.3, -0.25) is 4.90 Å². The molecule has 0 radical (unpaired) electrons. The lowest BCUT2D eigenvalue weighted by atomic mass is 9.88. The van der Waals surface area contributed by atoms with Crippen molar-refractivity contribution in [1.82, 2.24) is 4.90 Å². The number of benzene rings is 2. The molecule has 0 saturated carbocycles. The number of phenolic OH excluding ortho intramolecular Hbond substituents is 2. The summed E-state index contributed by atoms with van der Waals surface area (Å²) in [5, 5.41) is 19.6. The lowest BCUT2D eigenvalue weighted by Gasteiger charge is -2.35. The van der Waals surface area contributed by atoms with Crippen molar-refractivity contribution in [3.8, 4) is 23.0 Å². The molecule has 1 heterocycles. The molecular weight excluding hydrogens is 306 g/mol. The fourth-order valence-corrected chi connectivity index (χ4v) is 3.35. The predicted octanol–water partition coefficient (Wildman–Crippen LogP) is 2.89. The SMILES string of the molecule is COc1ccc(CC2c3cc(O)c(O)cc3CCN2C)cc1OC. The van der Waals surface area contributed by atoms with Crippen molar-refractivity contribution in [2.45, 2.75) is 18.9 Å². The van der Waals surface area contributed by atoms with Crippen LogP contribution in [-0.2, 0) is 12.8 Å². The van der Waals surface area contributed by atoms with E-state index in [1.807, 2.05) is 18.2 Å². The molecule has 1 atom stereocenters. The number of nitrogens with zero attached hydrogens (tertiary/aromatic N) is 1. The second kappa shape index (κ2) is 6.61. The van der Waals surface area contributed by atoms with Crippen LogP contribution in [0.1, 0.15) is 22.7 Å². The van der Waals surface area contributed by atoms with Crippen LogP contribution in [0.3, 0.4) is 0 Å². The first-order chi connectivity index (χ1) is 11.5. The Morgan fingerprint density at radius 1 is 1.04 bits per heavy atom. The fraction of sp³-hybridized carbons (Fsp3) is 0.368. The Kier molecular flexibility index (Phi) is 4.53. The molecule has 0 fully saturated rings.